The zero-order valence-corrected chi connectivity index (χ0v) is 13.5. The molecule has 2 rings (SSSR count). The van der Waals surface area contributed by atoms with E-state index in [0.29, 0.717) is 27.3 Å². The van der Waals surface area contributed by atoms with Gasteiger partial charge in [0, 0.05) is 6.54 Å². The highest BCUT2D eigenvalue weighted by Crippen LogP contribution is 2.24. The van der Waals surface area contributed by atoms with E-state index in [2.05, 4.69) is 26.0 Å². The van der Waals surface area contributed by atoms with Crippen molar-refractivity contribution in [3.63, 3.8) is 0 Å². The SMILES string of the molecule is COC(=O)c1ccc(Cl)c(NCc2ccc(Br)c(F)c2)c1. The lowest BCUT2D eigenvalue weighted by atomic mass is 10.2. The quantitative estimate of drug-likeness (QED) is 0.795. The fraction of sp³-hybridized carbons (Fsp3) is 0.133. The highest BCUT2D eigenvalue weighted by Gasteiger charge is 2.09. The van der Waals surface area contributed by atoms with Gasteiger partial charge in [0.1, 0.15) is 5.82 Å². The summed E-state index contributed by atoms with van der Waals surface area (Å²) in [4.78, 5) is 11.5. The van der Waals surface area contributed by atoms with Crippen LogP contribution in [0.3, 0.4) is 0 Å². The number of esters is 1. The number of halogens is 3. The first-order valence-corrected chi connectivity index (χ1v) is 7.24. The Hall–Kier alpha value is -1.59. The molecule has 0 bridgehead atoms. The van der Waals surface area contributed by atoms with Gasteiger partial charge in [-0.3, -0.25) is 0 Å². The Morgan fingerprint density at radius 1 is 1.33 bits per heavy atom. The van der Waals surface area contributed by atoms with Crippen molar-refractivity contribution in [3.8, 4) is 0 Å². The second kappa shape index (κ2) is 6.91. The van der Waals surface area contributed by atoms with Gasteiger partial charge in [0.15, 0.2) is 0 Å². The molecule has 0 aliphatic rings. The Balaban J connectivity index is 2.15. The predicted octanol–water partition coefficient (Wildman–Crippen LogP) is 4.64. The van der Waals surface area contributed by atoms with Crippen molar-refractivity contribution in [2.24, 2.45) is 0 Å². The van der Waals surface area contributed by atoms with Gasteiger partial charge in [0.25, 0.3) is 0 Å². The van der Waals surface area contributed by atoms with Crippen LogP contribution in [0.5, 0.6) is 0 Å². The van der Waals surface area contributed by atoms with Gasteiger partial charge in [-0.15, -0.1) is 0 Å². The first kappa shape index (κ1) is 15.8. The maximum Gasteiger partial charge on any atom is 0.337 e. The summed E-state index contributed by atoms with van der Waals surface area (Å²) in [6.07, 6.45) is 0. The molecule has 0 aromatic heterocycles. The smallest absolute Gasteiger partial charge is 0.337 e. The summed E-state index contributed by atoms with van der Waals surface area (Å²) in [5.74, 6) is -0.770. The minimum Gasteiger partial charge on any atom is -0.465 e. The van der Waals surface area contributed by atoms with Gasteiger partial charge in [0.05, 0.1) is 27.9 Å². The molecule has 0 saturated carbocycles. The molecule has 0 aliphatic carbocycles. The van der Waals surface area contributed by atoms with Crippen LogP contribution in [0, 0.1) is 5.82 Å². The molecule has 6 heteroatoms. The largest absolute Gasteiger partial charge is 0.465 e. The molecule has 0 fully saturated rings. The predicted molar refractivity (Wildman–Crippen MR) is 84.2 cm³/mol. The van der Waals surface area contributed by atoms with Crippen molar-refractivity contribution < 1.29 is 13.9 Å². The molecular formula is C15H12BrClFNO2. The number of anilines is 1. The number of nitrogens with one attached hydrogen (secondary N) is 1. The molecule has 0 atom stereocenters. The number of benzene rings is 2. The zero-order chi connectivity index (χ0) is 15.4. The zero-order valence-electron chi connectivity index (χ0n) is 11.1. The van der Waals surface area contributed by atoms with E-state index in [1.807, 2.05) is 0 Å². The number of hydrogen-bond donors (Lipinski definition) is 1. The van der Waals surface area contributed by atoms with Crippen molar-refractivity contribution in [2.75, 3.05) is 12.4 Å². The van der Waals surface area contributed by atoms with E-state index < -0.39 is 5.97 Å². The normalized spacial score (nSPS) is 10.3. The van der Waals surface area contributed by atoms with Crippen molar-refractivity contribution in [2.45, 2.75) is 6.54 Å². The Morgan fingerprint density at radius 3 is 2.76 bits per heavy atom. The first-order valence-electron chi connectivity index (χ1n) is 6.07. The molecule has 0 spiro atoms. The summed E-state index contributed by atoms with van der Waals surface area (Å²) >= 11 is 9.17. The number of methoxy groups -OCH3 is 1. The van der Waals surface area contributed by atoms with Crippen LogP contribution in [0.4, 0.5) is 10.1 Å². The van der Waals surface area contributed by atoms with Crippen LogP contribution in [-0.4, -0.2) is 13.1 Å². The molecular weight excluding hydrogens is 361 g/mol. The summed E-state index contributed by atoms with van der Waals surface area (Å²) in [6.45, 7) is 0.383. The number of carbonyl (C=O) groups is 1. The summed E-state index contributed by atoms with van der Waals surface area (Å²) in [7, 11) is 1.31. The number of rotatable bonds is 4. The standard InChI is InChI=1S/C15H12BrClFNO2/c1-21-15(20)10-3-5-12(17)14(7-10)19-8-9-2-4-11(16)13(18)6-9/h2-7,19H,8H2,1H3. The van der Waals surface area contributed by atoms with E-state index in [0.717, 1.165) is 5.56 Å². The number of hydrogen-bond acceptors (Lipinski definition) is 3. The highest BCUT2D eigenvalue weighted by atomic mass is 79.9. The summed E-state index contributed by atoms with van der Waals surface area (Å²) < 4.78 is 18.5. The van der Waals surface area contributed by atoms with Gasteiger partial charge in [-0.05, 0) is 51.8 Å². The summed E-state index contributed by atoms with van der Waals surface area (Å²) in [5.41, 5.74) is 1.74. The molecule has 0 saturated heterocycles. The lowest BCUT2D eigenvalue weighted by Crippen LogP contribution is -2.04. The van der Waals surface area contributed by atoms with E-state index in [1.165, 1.54) is 13.2 Å². The van der Waals surface area contributed by atoms with Gasteiger partial charge in [-0.2, -0.15) is 0 Å². The maximum atomic E-state index is 13.4. The molecule has 2 aromatic carbocycles. The number of carbonyl (C=O) groups excluding carboxylic acids is 1. The average Bonchev–Trinajstić information content (AvgIpc) is 2.49. The Bertz CT molecular complexity index is 679. The van der Waals surface area contributed by atoms with E-state index in [9.17, 15) is 9.18 Å². The third kappa shape index (κ3) is 3.95. The third-order valence-corrected chi connectivity index (χ3v) is 3.83. The molecule has 21 heavy (non-hydrogen) atoms. The van der Waals surface area contributed by atoms with Gasteiger partial charge in [-0.1, -0.05) is 17.7 Å². The lowest BCUT2D eigenvalue weighted by molar-refractivity contribution is 0.0601. The molecule has 110 valence electrons. The first-order chi connectivity index (χ1) is 10.0. The van der Waals surface area contributed by atoms with E-state index in [1.54, 1.807) is 30.3 Å². The van der Waals surface area contributed by atoms with Crippen LogP contribution >= 0.6 is 27.5 Å². The monoisotopic (exact) mass is 371 g/mol. The van der Waals surface area contributed by atoms with Crippen LogP contribution < -0.4 is 5.32 Å². The van der Waals surface area contributed by atoms with Gasteiger partial charge in [-0.25, -0.2) is 9.18 Å². The second-order valence-electron chi connectivity index (χ2n) is 4.29. The molecule has 0 aliphatic heterocycles. The molecule has 0 unspecified atom stereocenters. The van der Waals surface area contributed by atoms with Crippen molar-refractivity contribution >= 4 is 39.2 Å². The van der Waals surface area contributed by atoms with Crippen LogP contribution in [-0.2, 0) is 11.3 Å². The molecule has 0 radical (unpaired) electrons. The molecule has 3 nitrogen and oxygen atoms in total. The fourth-order valence-corrected chi connectivity index (χ4v) is 2.18. The van der Waals surface area contributed by atoms with E-state index in [-0.39, 0.29) is 5.82 Å². The third-order valence-electron chi connectivity index (χ3n) is 2.85. The van der Waals surface area contributed by atoms with Crippen molar-refractivity contribution in [1.82, 2.24) is 0 Å². The molecule has 2 aromatic rings. The van der Waals surface area contributed by atoms with Gasteiger partial charge >= 0.3 is 5.97 Å². The van der Waals surface area contributed by atoms with Crippen molar-refractivity contribution in [1.29, 1.82) is 0 Å². The van der Waals surface area contributed by atoms with Crippen LogP contribution in [0.25, 0.3) is 0 Å². The Labute approximate surface area is 135 Å². The van der Waals surface area contributed by atoms with Gasteiger partial charge in [0.2, 0.25) is 0 Å². The molecule has 0 heterocycles. The molecule has 1 N–H and O–H groups in total. The summed E-state index contributed by atoms with van der Waals surface area (Å²) in [6, 6.07) is 9.65. The van der Waals surface area contributed by atoms with E-state index >= 15 is 0 Å². The van der Waals surface area contributed by atoms with Crippen LogP contribution in [0.2, 0.25) is 5.02 Å². The number of ether oxygens (including phenoxy) is 1. The minimum atomic E-state index is -0.440. The molecule has 0 amide bonds. The maximum absolute atomic E-state index is 13.4. The minimum absolute atomic E-state index is 0.330. The summed E-state index contributed by atoms with van der Waals surface area (Å²) in [5, 5.41) is 3.55. The lowest BCUT2D eigenvalue weighted by Gasteiger charge is -2.10. The van der Waals surface area contributed by atoms with Crippen molar-refractivity contribution in [3.05, 3.63) is 62.8 Å². The Kier molecular flexibility index (Phi) is 5.20. The van der Waals surface area contributed by atoms with E-state index in [4.69, 9.17) is 11.6 Å². The highest BCUT2D eigenvalue weighted by molar-refractivity contribution is 9.10. The van der Waals surface area contributed by atoms with Crippen LogP contribution in [0.15, 0.2) is 40.9 Å². The fourth-order valence-electron chi connectivity index (χ4n) is 1.75. The second-order valence-corrected chi connectivity index (χ2v) is 5.55. The topological polar surface area (TPSA) is 38.3 Å². The average molecular weight is 373 g/mol. The van der Waals surface area contributed by atoms with Crippen LogP contribution in [0.1, 0.15) is 15.9 Å². The van der Waals surface area contributed by atoms with Gasteiger partial charge < -0.3 is 10.1 Å². The Morgan fingerprint density at radius 2 is 2.10 bits per heavy atom.